The number of rotatable bonds is 6. The van der Waals surface area contributed by atoms with Gasteiger partial charge in [0.25, 0.3) is 0 Å². The number of hydrogen-bond donors (Lipinski definition) is 1. The lowest BCUT2D eigenvalue weighted by Gasteiger charge is -2.27. The number of hydrogen-bond acceptors (Lipinski definition) is 4. The van der Waals surface area contributed by atoms with Crippen molar-refractivity contribution in [1.82, 2.24) is 4.31 Å². The van der Waals surface area contributed by atoms with Gasteiger partial charge in [-0.1, -0.05) is 19.1 Å². The quantitative estimate of drug-likeness (QED) is 0.811. The van der Waals surface area contributed by atoms with Crippen LogP contribution >= 0.6 is 0 Å². The van der Waals surface area contributed by atoms with Gasteiger partial charge in [0.2, 0.25) is 10.0 Å². The van der Waals surface area contributed by atoms with Crippen LogP contribution in [0.2, 0.25) is 0 Å². The molecule has 1 N–H and O–H groups in total. The van der Waals surface area contributed by atoms with Gasteiger partial charge in [-0.05, 0) is 32.9 Å². The zero-order chi connectivity index (χ0) is 15.6. The number of likely N-dealkylation sites (N-methyl/N-ethyl adjacent to an activating group) is 1. The summed E-state index contributed by atoms with van der Waals surface area (Å²) in [6.45, 7) is 6.54. The van der Waals surface area contributed by atoms with Crippen LogP contribution in [0.25, 0.3) is 0 Å². The standard InChI is InChI=1S/C14H21NO4S/c1-5-15(10-14(3,4)17)20(18,19)13-8-6-12(7-9-13)11(2)16/h6-9,17H,5,10H2,1-4H3. The maximum absolute atomic E-state index is 12.5. The third-order valence-corrected chi connectivity index (χ3v) is 4.75. The Morgan fingerprint density at radius 2 is 1.75 bits per heavy atom. The van der Waals surface area contributed by atoms with E-state index >= 15 is 0 Å². The summed E-state index contributed by atoms with van der Waals surface area (Å²) in [7, 11) is -3.66. The number of ketones is 1. The number of carbonyl (C=O) groups excluding carboxylic acids is 1. The monoisotopic (exact) mass is 299 g/mol. The molecule has 0 aromatic heterocycles. The van der Waals surface area contributed by atoms with Gasteiger partial charge in [0.1, 0.15) is 0 Å². The Labute approximate surface area is 120 Å². The fourth-order valence-corrected chi connectivity index (χ4v) is 3.41. The predicted molar refractivity (Wildman–Crippen MR) is 77.2 cm³/mol. The van der Waals surface area contributed by atoms with Crippen molar-refractivity contribution in [1.29, 1.82) is 0 Å². The number of sulfonamides is 1. The molecule has 5 nitrogen and oxygen atoms in total. The van der Waals surface area contributed by atoms with Crippen LogP contribution < -0.4 is 0 Å². The van der Waals surface area contributed by atoms with Crippen LogP contribution in [0.15, 0.2) is 29.2 Å². The molecular weight excluding hydrogens is 278 g/mol. The van der Waals surface area contributed by atoms with Crippen LogP contribution in [0.4, 0.5) is 0 Å². The van der Waals surface area contributed by atoms with Gasteiger partial charge < -0.3 is 5.11 Å². The normalized spacial score (nSPS) is 12.7. The molecule has 112 valence electrons. The van der Waals surface area contributed by atoms with Crippen LogP contribution in [-0.4, -0.2) is 42.3 Å². The maximum Gasteiger partial charge on any atom is 0.243 e. The molecule has 0 aliphatic heterocycles. The molecular formula is C14H21NO4S. The van der Waals surface area contributed by atoms with E-state index < -0.39 is 15.6 Å². The van der Waals surface area contributed by atoms with E-state index in [1.165, 1.54) is 35.5 Å². The molecule has 1 aromatic carbocycles. The third-order valence-electron chi connectivity index (χ3n) is 2.81. The molecule has 0 aliphatic carbocycles. The van der Waals surface area contributed by atoms with E-state index in [1.807, 2.05) is 0 Å². The van der Waals surface area contributed by atoms with E-state index in [9.17, 15) is 18.3 Å². The van der Waals surface area contributed by atoms with Gasteiger partial charge in [0, 0.05) is 18.7 Å². The molecule has 0 aliphatic rings. The zero-order valence-electron chi connectivity index (χ0n) is 12.3. The zero-order valence-corrected chi connectivity index (χ0v) is 13.1. The Morgan fingerprint density at radius 1 is 1.25 bits per heavy atom. The smallest absolute Gasteiger partial charge is 0.243 e. The molecule has 0 fully saturated rings. The van der Waals surface area contributed by atoms with Crippen LogP contribution in [0.5, 0.6) is 0 Å². The van der Waals surface area contributed by atoms with Gasteiger partial charge in [-0.2, -0.15) is 4.31 Å². The van der Waals surface area contributed by atoms with Crippen LogP contribution in [0, 0.1) is 0 Å². The highest BCUT2D eigenvalue weighted by Crippen LogP contribution is 2.19. The molecule has 1 rings (SSSR count). The first kappa shape index (κ1) is 16.8. The number of carbonyl (C=O) groups is 1. The summed E-state index contributed by atoms with van der Waals surface area (Å²) < 4.78 is 26.1. The fourth-order valence-electron chi connectivity index (χ4n) is 1.81. The molecule has 0 unspecified atom stereocenters. The first-order valence-corrected chi connectivity index (χ1v) is 7.85. The number of benzene rings is 1. The van der Waals surface area contributed by atoms with E-state index in [4.69, 9.17) is 0 Å². The summed E-state index contributed by atoms with van der Waals surface area (Å²) in [5, 5.41) is 9.80. The summed E-state index contributed by atoms with van der Waals surface area (Å²) in [5.41, 5.74) is -0.642. The lowest BCUT2D eigenvalue weighted by atomic mass is 10.1. The first-order chi connectivity index (χ1) is 9.08. The molecule has 0 spiro atoms. The molecule has 20 heavy (non-hydrogen) atoms. The Bertz CT molecular complexity index is 570. The number of nitrogens with zero attached hydrogens (tertiary/aromatic N) is 1. The van der Waals surface area contributed by atoms with Gasteiger partial charge in [0.15, 0.2) is 5.78 Å². The summed E-state index contributed by atoms with van der Waals surface area (Å²) in [6.07, 6.45) is 0. The lowest BCUT2D eigenvalue weighted by Crippen LogP contribution is -2.42. The van der Waals surface area contributed by atoms with Gasteiger partial charge in [-0.25, -0.2) is 8.42 Å². The molecule has 0 radical (unpaired) electrons. The average molecular weight is 299 g/mol. The van der Waals surface area contributed by atoms with Crippen LogP contribution in [0.3, 0.4) is 0 Å². The van der Waals surface area contributed by atoms with E-state index in [1.54, 1.807) is 20.8 Å². The molecule has 0 atom stereocenters. The topological polar surface area (TPSA) is 74.7 Å². The van der Waals surface area contributed by atoms with Crippen molar-refractivity contribution in [3.8, 4) is 0 Å². The minimum absolute atomic E-state index is 0.0142. The first-order valence-electron chi connectivity index (χ1n) is 6.41. The summed E-state index contributed by atoms with van der Waals surface area (Å²) in [5.74, 6) is -0.113. The minimum atomic E-state index is -3.66. The summed E-state index contributed by atoms with van der Waals surface area (Å²) >= 11 is 0. The van der Waals surface area contributed by atoms with Crippen molar-refractivity contribution in [2.45, 2.75) is 38.2 Å². The van der Waals surface area contributed by atoms with Gasteiger partial charge in [-0.15, -0.1) is 0 Å². The lowest BCUT2D eigenvalue weighted by molar-refractivity contribution is 0.0601. The SMILES string of the molecule is CCN(CC(C)(C)O)S(=O)(=O)c1ccc(C(C)=O)cc1. The Morgan fingerprint density at radius 3 is 2.10 bits per heavy atom. The largest absolute Gasteiger partial charge is 0.389 e. The van der Waals surface area contributed by atoms with E-state index in [0.717, 1.165) is 0 Å². The summed E-state index contributed by atoms with van der Waals surface area (Å²) in [4.78, 5) is 11.3. The highest BCUT2D eigenvalue weighted by Gasteiger charge is 2.28. The average Bonchev–Trinajstić information content (AvgIpc) is 2.34. The fraction of sp³-hybridized carbons (Fsp3) is 0.500. The molecule has 1 aromatic rings. The molecule has 0 saturated heterocycles. The molecule has 6 heteroatoms. The van der Waals surface area contributed by atoms with Crippen molar-refractivity contribution in [2.75, 3.05) is 13.1 Å². The Kier molecular flexibility index (Phi) is 5.07. The van der Waals surface area contributed by atoms with Gasteiger partial charge in [0.05, 0.1) is 10.5 Å². The Balaban J connectivity index is 3.11. The minimum Gasteiger partial charge on any atom is -0.389 e. The highest BCUT2D eigenvalue weighted by atomic mass is 32.2. The molecule has 0 heterocycles. The van der Waals surface area contributed by atoms with Crippen molar-refractivity contribution < 1.29 is 18.3 Å². The van der Waals surface area contributed by atoms with E-state index in [-0.39, 0.29) is 23.8 Å². The number of Topliss-reactive ketones (excluding diaryl/α,β-unsaturated/α-hetero) is 1. The van der Waals surface area contributed by atoms with E-state index in [0.29, 0.717) is 5.56 Å². The van der Waals surface area contributed by atoms with Gasteiger partial charge >= 0.3 is 0 Å². The third kappa shape index (κ3) is 4.13. The van der Waals surface area contributed by atoms with Crippen molar-refractivity contribution >= 4 is 15.8 Å². The molecule has 0 saturated carbocycles. The predicted octanol–water partition coefficient (Wildman–Crippen LogP) is 1.67. The van der Waals surface area contributed by atoms with E-state index in [2.05, 4.69) is 0 Å². The number of aliphatic hydroxyl groups is 1. The summed E-state index contributed by atoms with van der Waals surface area (Å²) in [6, 6.07) is 5.82. The van der Waals surface area contributed by atoms with Crippen molar-refractivity contribution in [3.05, 3.63) is 29.8 Å². The second-order valence-electron chi connectivity index (χ2n) is 5.32. The second-order valence-corrected chi connectivity index (χ2v) is 7.26. The second kappa shape index (κ2) is 6.03. The highest BCUT2D eigenvalue weighted by molar-refractivity contribution is 7.89. The van der Waals surface area contributed by atoms with Crippen molar-refractivity contribution in [2.24, 2.45) is 0 Å². The molecule has 0 bridgehead atoms. The molecule has 0 amide bonds. The van der Waals surface area contributed by atoms with Crippen LogP contribution in [0.1, 0.15) is 38.1 Å². The van der Waals surface area contributed by atoms with Crippen molar-refractivity contribution in [3.63, 3.8) is 0 Å². The van der Waals surface area contributed by atoms with Crippen LogP contribution in [-0.2, 0) is 10.0 Å². The Hall–Kier alpha value is -1.24. The van der Waals surface area contributed by atoms with Gasteiger partial charge in [-0.3, -0.25) is 4.79 Å². The maximum atomic E-state index is 12.5.